The molecule has 0 aromatic heterocycles. The zero-order valence-electron chi connectivity index (χ0n) is 8.16. The Bertz CT molecular complexity index is 455. The molecule has 0 radical (unpaired) electrons. The quantitative estimate of drug-likeness (QED) is 0.870. The van der Waals surface area contributed by atoms with Gasteiger partial charge in [0.25, 0.3) is 0 Å². The van der Waals surface area contributed by atoms with Gasteiger partial charge in [0.2, 0.25) is 0 Å². The van der Waals surface area contributed by atoms with Crippen molar-refractivity contribution in [3.63, 3.8) is 0 Å². The molecule has 0 spiro atoms. The molecule has 7 heteroatoms. The Morgan fingerprint density at radius 3 is 2.59 bits per heavy atom. The van der Waals surface area contributed by atoms with Crippen molar-refractivity contribution in [2.75, 3.05) is 0 Å². The molecule has 0 atom stereocenters. The molecule has 0 amide bonds. The molecule has 0 saturated carbocycles. The summed E-state index contributed by atoms with van der Waals surface area (Å²) >= 11 is 2.91. The van der Waals surface area contributed by atoms with Crippen LogP contribution in [-0.2, 0) is 4.79 Å². The second-order valence-corrected chi connectivity index (χ2v) is 3.67. The van der Waals surface area contributed by atoms with Gasteiger partial charge in [-0.05, 0) is 33.6 Å². The summed E-state index contributed by atoms with van der Waals surface area (Å²) in [7, 11) is 0. The summed E-state index contributed by atoms with van der Waals surface area (Å²) in [6.45, 7) is 0. The Labute approximate surface area is 103 Å². The zero-order chi connectivity index (χ0) is 13.1. The van der Waals surface area contributed by atoms with E-state index in [4.69, 9.17) is 5.11 Å². The molecule has 1 aromatic rings. The number of aliphatic carboxylic acids is 1. The summed E-state index contributed by atoms with van der Waals surface area (Å²) in [5.74, 6) is -1.62. The highest BCUT2D eigenvalue weighted by atomic mass is 79.9. The lowest BCUT2D eigenvalue weighted by Gasteiger charge is -2.11. The lowest BCUT2D eigenvalue weighted by atomic mass is 10.2. The van der Waals surface area contributed by atoms with Crippen LogP contribution in [0, 0.1) is 0 Å². The Hall–Kier alpha value is -1.50. The average molecular weight is 311 g/mol. The maximum atomic E-state index is 12.0. The monoisotopic (exact) mass is 310 g/mol. The van der Waals surface area contributed by atoms with Crippen molar-refractivity contribution < 1.29 is 27.8 Å². The van der Waals surface area contributed by atoms with Gasteiger partial charge in [0.1, 0.15) is 5.75 Å². The van der Waals surface area contributed by atoms with Crippen molar-refractivity contribution in [2.45, 2.75) is 6.36 Å². The van der Waals surface area contributed by atoms with Gasteiger partial charge in [0, 0.05) is 6.08 Å². The summed E-state index contributed by atoms with van der Waals surface area (Å²) in [6.07, 6.45) is -2.81. The van der Waals surface area contributed by atoms with E-state index in [1.165, 1.54) is 12.1 Å². The molecule has 3 nitrogen and oxygen atoms in total. The van der Waals surface area contributed by atoms with Crippen molar-refractivity contribution in [2.24, 2.45) is 0 Å². The van der Waals surface area contributed by atoms with Crippen molar-refractivity contribution in [1.82, 2.24) is 0 Å². The van der Waals surface area contributed by atoms with E-state index >= 15 is 0 Å². The van der Waals surface area contributed by atoms with E-state index in [1.807, 2.05) is 0 Å². The van der Waals surface area contributed by atoms with Crippen LogP contribution < -0.4 is 4.74 Å². The molecule has 0 unspecified atom stereocenters. The number of hydrogen-bond donors (Lipinski definition) is 1. The van der Waals surface area contributed by atoms with Crippen LogP contribution in [0.2, 0.25) is 0 Å². The number of carboxylic acid groups (broad SMARTS) is 1. The molecule has 92 valence electrons. The highest BCUT2D eigenvalue weighted by Gasteiger charge is 2.32. The van der Waals surface area contributed by atoms with Crippen LogP contribution in [0.1, 0.15) is 5.56 Å². The number of alkyl halides is 3. The maximum absolute atomic E-state index is 12.0. The topological polar surface area (TPSA) is 46.5 Å². The normalized spacial score (nSPS) is 11.8. The first-order chi connectivity index (χ1) is 7.79. The molecule has 1 N–H and O–H groups in total. The van der Waals surface area contributed by atoms with Crippen molar-refractivity contribution in [1.29, 1.82) is 0 Å². The SMILES string of the molecule is O=C(O)/C=C/c1cccc(OC(F)(F)F)c1Br. The minimum absolute atomic E-state index is 0.0369. The van der Waals surface area contributed by atoms with Crippen LogP contribution in [0.25, 0.3) is 6.08 Å². The number of benzene rings is 1. The van der Waals surface area contributed by atoms with E-state index in [2.05, 4.69) is 20.7 Å². The number of carboxylic acids is 1. The summed E-state index contributed by atoms with van der Waals surface area (Å²) < 4.78 is 39.8. The number of halogens is 4. The molecule has 0 bridgehead atoms. The van der Waals surface area contributed by atoms with Crippen molar-refractivity contribution >= 4 is 28.0 Å². The van der Waals surface area contributed by atoms with Crippen molar-refractivity contribution in [3.8, 4) is 5.75 Å². The Kier molecular flexibility index (Phi) is 4.17. The molecule has 1 aromatic carbocycles. The second kappa shape index (κ2) is 5.22. The minimum atomic E-state index is -4.79. The lowest BCUT2D eigenvalue weighted by Crippen LogP contribution is -2.17. The van der Waals surface area contributed by atoms with Gasteiger partial charge in [-0.2, -0.15) is 0 Å². The molecular weight excluding hydrogens is 305 g/mol. The van der Waals surface area contributed by atoms with Gasteiger partial charge in [-0.3, -0.25) is 0 Å². The highest BCUT2D eigenvalue weighted by molar-refractivity contribution is 9.10. The molecule has 0 saturated heterocycles. The van der Waals surface area contributed by atoms with Gasteiger partial charge in [-0.25, -0.2) is 4.79 Å². The third-order valence-electron chi connectivity index (χ3n) is 1.62. The van der Waals surface area contributed by atoms with Crippen LogP contribution in [-0.4, -0.2) is 17.4 Å². The lowest BCUT2D eigenvalue weighted by molar-refractivity contribution is -0.274. The summed E-state index contributed by atoms with van der Waals surface area (Å²) in [5.41, 5.74) is 0.272. The second-order valence-electron chi connectivity index (χ2n) is 2.88. The van der Waals surface area contributed by atoms with E-state index in [-0.39, 0.29) is 10.0 Å². The van der Waals surface area contributed by atoms with Gasteiger partial charge in [0.15, 0.2) is 0 Å². The largest absolute Gasteiger partial charge is 0.573 e. The molecule has 17 heavy (non-hydrogen) atoms. The molecule has 0 aliphatic carbocycles. The van der Waals surface area contributed by atoms with E-state index in [0.717, 1.165) is 18.2 Å². The third kappa shape index (κ3) is 4.48. The van der Waals surface area contributed by atoms with Gasteiger partial charge in [0.05, 0.1) is 4.47 Å². The van der Waals surface area contributed by atoms with Crippen molar-refractivity contribution in [3.05, 3.63) is 34.3 Å². The number of hydrogen-bond acceptors (Lipinski definition) is 2. The van der Waals surface area contributed by atoms with E-state index in [1.54, 1.807) is 0 Å². The number of carbonyl (C=O) groups is 1. The number of ether oxygens (including phenoxy) is 1. The van der Waals surface area contributed by atoms with Crippen LogP contribution in [0.5, 0.6) is 5.75 Å². The Morgan fingerprint density at radius 2 is 2.06 bits per heavy atom. The molecule has 0 fully saturated rings. The summed E-state index contributed by atoms with van der Waals surface area (Å²) in [5, 5.41) is 8.41. The molecule has 0 heterocycles. The zero-order valence-corrected chi connectivity index (χ0v) is 9.75. The van der Waals surface area contributed by atoms with Crippen LogP contribution in [0.4, 0.5) is 13.2 Å². The fourth-order valence-electron chi connectivity index (χ4n) is 1.02. The van der Waals surface area contributed by atoms with Gasteiger partial charge in [-0.1, -0.05) is 12.1 Å². The first kappa shape index (κ1) is 13.6. The molecule has 0 aliphatic rings. The first-order valence-electron chi connectivity index (χ1n) is 4.25. The van der Waals surface area contributed by atoms with Gasteiger partial charge in [-0.15, -0.1) is 13.2 Å². The minimum Gasteiger partial charge on any atom is -0.478 e. The van der Waals surface area contributed by atoms with Gasteiger partial charge < -0.3 is 9.84 Å². The van der Waals surface area contributed by atoms with Crippen LogP contribution >= 0.6 is 15.9 Å². The Morgan fingerprint density at radius 1 is 1.41 bits per heavy atom. The van der Waals surface area contributed by atoms with E-state index in [9.17, 15) is 18.0 Å². The summed E-state index contributed by atoms with van der Waals surface area (Å²) in [6, 6.07) is 3.90. The number of rotatable bonds is 3. The Balaban J connectivity index is 3.03. The van der Waals surface area contributed by atoms with Gasteiger partial charge >= 0.3 is 12.3 Å². The van der Waals surface area contributed by atoms with Crippen LogP contribution in [0.15, 0.2) is 28.7 Å². The fraction of sp³-hybridized carbons (Fsp3) is 0.100. The average Bonchev–Trinajstić information content (AvgIpc) is 2.17. The molecular formula is C10H6BrF3O3. The predicted molar refractivity (Wildman–Crippen MR) is 57.5 cm³/mol. The predicted octanol–water partition coefficient (Wildman–Crippen LogP) is 3.45. The van der Waals surface area contributed by atoms with Crippen LogP contribution in [0.3, 0.4) is 0 Å². The molecule has 1 rings (SSSR count). The summed E-state index contributed by atoms with van der Waals surface area (Å²) in [4.78, 5) is 10.3. The maximum Gasteiger partial charge on any atom is 0.573 e. The standard InChI is InChI=1S/C10H6BrF3O3/c11-9-6(4-5-8(15)16)2-1-3-7(9)17-10(12,13)14/h1-5H,(H,15,16)/b5-4+. The third-order valence-corrected chi connectivity index (χ3v) is 2.47. The smallest absolute Gasteiger partial charge is 0.478 e. The first-order valence-corrected chi connectivity index (χ1v) is 5.04. The molecule has 0 aliphatic heterocycles. The fourth-order valence-corrected chi connectivity index (χ4v) is 1.50. The van der Waals surface area contributed by atoms with E-state index < -0.39 is 18.1 Å². The highest BCUT2D eigenvalue weighted by Crippen LogP contribution is 2.33. The van der Waals surface area contributed by atoms with E-state index in [0.29, 0.717) is 0 Å².